The lowest BCUT2D eigenvalue weighted by Gasteiger charge is -2.26. The summed E-state index contributed by atoms with van der Waals surface area (Å²) in [4.78, 5) is 2.32. The molecule has 0 spiro atoms. The molecule has 0 amide bonds. The highest BCUT2D eigenvalue weighted by molar-refractivity contribution is 5.92. The highest BCUT2D eigenvalue weighted by Crippen LogP contribution is 2.41. The van der Waals surface area contributed by atoms with Crippen LogP contribution in [0.3, 0.4) is 0 Å². The lowest BCUT2D eigenvalue weighted by atomic mass is 9.89. The molecule has 1 heterocycles. The van der Waals surface area contributed by atoms with Crippen molar-refractivity contribution < 1.29 is 0 Å². The van der Waals surface area contributed by atoms with E-state index in [0.29, 0.717) is 0 Å². The Hall–Kier alpha value is -7.23. The van der Waals surface area contributed by atoms with Gasteiger partial charge in [-0.2, -0.15) is 5.10 Å². The molecule has 56 heavy (non-hydrogen) atoms. The molecule has 0 radical (unpaired) electrons. The Kier molecular flexibility index (Phi) is 9.41. The normalized spacial score (nSPS) is 11.0. The molecule has 3 nitrogen and oxygen atoms in total. The Morgan fingerprint density at radius 3 is 1.23 bits per heavy atom. The van der Waals surface area contributed by atoms with Gasteiger partial charge in [0.1, 0.15) is 0 Å². The molecule has 0 saturated heterocycles. The third kappa shape index (κ3) is 6.95. The van der Waals surface area contributed by atoms with Crippen molar-refractivity contribution in [3.63, 3.8) is 0 Å². The molecule has 0 unspecified atom stereocenters. The van der Waals surface area contributed by atoms with Crippen LogP contribution in [0.2, 0.25) is 0 Å². The third-order valence-corrected chi connectivity index (χ3v) is 10.4. The molecule has 9 rings (SSSR count). The van der Waals surface area contributed by atoms with Crippen LogP contribution in [0.5, 0.6) is 0 Å². The molecule has 0 aliphatic rings. The van der Waals surface area contributed by atoms with Crippen molar-refractivity contribution in [2.75, 3.05) is 4.90 Å². The summed E-state index contributed by atoms with van der Waals surface area (Å²) in [6.45, 7) is 4.26. The summed E-state index contributed by atoms with van der Waals surface area (Å²) in [5, 5.41) is 5.11. The monoisotopic (exact) mass is 719 g/mol. The summed E-state index contributed by atoms with van der Waals surface area (Å²) >= 11 is 0. The topological polar surface area (TPSA) is 21.1 Å². The number of anilines is 3. The van der Waals surface area contributed by atoms with E-state index in [2.05, 4.69) is 230 Å². The molecular formula is C53H41N3. The van der Waals surface area contributed by atoms with Crippen molar-refractivity contribution in [3.05, 3.63) is 223 Å². The lowest BCUT2D eigenvalue weighted by molar-refractivity contribution is 0.892. The molecule has 0 N–H and O–H groups in total. The number of aryl methyl sites for hydroxylation is 2. The first kappa shape index (κ1) is 34.5. The van der Waals surface area contributed by atoms with Crippen molar-refractivity contribution in [2.45, 2.75) is 13.8 Å². The Balaban J connectivity index is 1.06. The summed E-state index contributed by atoms with van der Waals surface area (Å²) in [5.74, 6) is 0. The molecule has 3 heteroatoms. The van der Waals surface area contributed by atoms with Crippen LogP contribution in [0.15, 0.2) is 212 Å². The van der Waals surface area contributed by atoms with Crippen molar-refractivity contribution in [1.29, 1.82) is 0 Å². The van der Waals surface area contributed by atoms with Gasteiger partial charge in [-0.25, -0.2) is 4.68 Å². The van der Waals surface area contributed by atoms with Gasteiger partial charge in [0.2, 0.25) is 0 Å². The van der Waals surface area contributed by atoms with Crippen LogP contribution in [0.4, 0.5) is 17.1 Å². The van der Waals surface area contributed by atoms with E-state index in [9.17, 15) is 0 Å². The molecule has 9 aromatic rings. The predicted molar refractivity (Wildman–Crippen MR) is 235 cm³/mol. The first-order valence-corrected chi connectivity index (χ1v) is 19.1. The van der Waals surface area contributed by atoms with Gasteiger partial charge in [0, 0.05) is 28.2 Å². The summed E-state index contributed by atoms with van der Waals surface area (Å²) in [5.41, 5.74) is 18.2. The highest BCUT2D eigenvalue weighted by Gasteiger charge is 2.17. The number of rotatable bonds is 9. The number of benzene rings is 8. The molecule has 0 bridgehead atoms. The largest absolute Gasteiger partial charge is 0.311 e. The van der Waals surface area contributed by atoms with Crippen LogP contribution in [-0.4, -0.2) is 9.78 Å². The SMILES string of the molecule is Cc1ccc(N(c2ccc(C)cc2)c2ccc(-c3ccccc3-c3ccccc3-c3ccc(-n4nc(-c5ccccc5)cc4-c4ccccc4)cc3)cc2)cc1. The maximum atomic E-state index is 5.11. The van der Waals surface area contributed by atoms with E-state index in [-0.39, 0.29) is 0 Å². The first-order chi connectivity index (χ1) is 27.6. The average Bonchev–Trinajstić information content (AvgIpc) is 3.72. The van der Waals surface area contributed by atoms with Crippen molar-refractivity contribution >= 4 is 17.1 Å². The molecule has 0 atom stereocenters. The Bertz CT molecular complexity index is 2670. The molecular weight excluding hydrogens is 679 g/mol. The summed E-state index contributed by atoms with van der Waals surface area (Å²) in [7, 11) is 0. The van der Waals surface area contributed by atoms with Gasteiger partial charge in [0.15, 0.2) is 0 Å². The first-order valence-electron chi connectivity index (χ1n) is 19.1. The second kappa shape index (κ2) is 15.3. The van der Waals surface area contributed by atoms with Gasteiger partial charge in [0.05, 0.1) is 17.1 Å². The highest BCUT2D eigenvalue weighted by atomic mass is 15.3. The number of aromatic nitrogens is 2. The van der Waals surface area contributed by atoms with Crippen LogP contribution in [0.25, 0.3) is 61.6 Å². The van der Waals surface area contributed by atoms with Gasteiger partial charge in [-0.15, -0.1) is 0 Å². The predicted octanol–water partition coefficient (Wildman–Crippen LogP) is 14.3. The van der Waals surface area contributed by atoms with Crippen LogP contribution in [0, 0.1) is 13.8 Å². The maximum absolute atomic E-state index is 5.11. The summed E-state index contributed by atoms with van der Waals surface area (Å²) < 4.78 is 2.06. The fourth-order valence-electron chi connectivity index (χ4n) is 7.49. The van der Waals surface area contributed by atoms with E-state index >= 15 is 0 Å². The standard InChI is InChI=1S/C53H41N3/c1-38-21-29-44(30-22-38)55(45-31-23-39(2)24-32-45)46-33-25-40(26-34-46)48-17-9-11-19-50(48)51-20-12-10-18-49(51)41-27-35-47(36-28-41)56-53(43-15-7-4-8-16-43)37-52(54-56)42-13-5-3-6-14-42/h3-37H,1-2H3. The van der Waals surface area contributed by atoms with Gasteiger partial charge >= 0.3 is 0 Å². The van der Waals surface area contributed by atoms with Crippen molar-refractivity contribution in [2.24, 2.45) is 0 Å². The molecule has 0 aliphatic heterocycles. The average molecular weight is 720 g/mol. The summed E-state index contributed by atoms with van der Waals surface area (Å²) in [6, 6.07) is 75.7. The van der Waals surface area contributed by atoms with E-state index in [1.807, 2.05) is 6.07 Å². The molecule has 1 aromatic heterocycles. The minimum Gasteiger partial charge on any atom is -0.311 e. The second-order valence-corrected chi connectivity index (χ2v) is 14.3. The van der Waals surface area contributed by atoms with Gasteiger partial charge < -0.3 is 4.90 Å². The number of hydrogen-bond donors (Lipinski definition) is 0. The fourth-order valence-corrected chi connectivity index (χ4v) is 7.49. The van der Waals surface area contributed by atoms with E-state index in [1.54, 1.807) is 0 Å². The van der Waals surface area contributed by atoms with E-state index in [1.165, 1.54) is 38.9 Å². The quantitative estimate of drug-likeness (QED) is 0.148. The Labute approximate surface area is 329 Å². The van der Waals surface area contributed by atoms with E-state index in [4.69, 9.17) is 5.10 Å². The maximum Gasteiger partial charge on any atom is 0.0934 e. The molecule has 0 fully saturated rings. The zero-order chi connectivity index (χ0) is 37.8. The molecule has 0 saturated carbocycles. The van der Waals surface area contributed by atoms with E-state index in [0.717, 1.165) is 50.8 Å². The van der Waals surface area contributed by atoms with Gasteiger partial charge in [-0.05, 0) is 102 Å². The molecule has 268 valence electrons. The van der Waals surface area contributed by atoms with Crippen LogP contribution >= 0.6 is 0 Å². The minimum absolute atomic E-state index is 0.946. The smallest absolute Gasteiger partial charge is 0.0934 e. The minimum atomic E-state index is 0.946. The number of nitrogens with zero attached hydrogens (tertiary/aromatic N) is 3. The van der Waals surface area contributed by atoms with Crippen LogP contribution in [0.1, 0.15) is 11.1 Å². The van der Waals surface area contributed by atoms with Crippen LogP contribution in [-0.2, 0) is 0 Å². The Morgan fingerprint density at radius 1 is 0.357 bits per heavy atom. The van der Waals surface area contributed by atoms with E-state index < -0.39 is 0 Å². The van der Waals surface area contributed by atoms with Crippen molar-refractivity contribution in [1.82, 2.24) is 9.78 Å². The third-order valence-electron chi connectivity index (χ3n) is 10.4. The summed E-state index contributed by atoms with van der Waals surface area (Å²) in [6.07, 6.45) is 0. The van der Waals surface area contributed by atoms with Gasteiger partial charge in [-0.3, -0.25) is 0 Å². The zero-order valence-electron chi connectivity index (χ0n) is 31.5. The van der Waals surface area contributed by atoms with Crippen LogP contribution < -0.4 is 4.90 Å². The molecule has 8 aromatic carbocycles. The fraction of sp³-hybridized carbons (Fsp3) is 0.0377. The second-order valence-electron chi connectivity index (χ2n) is 14.3. The van der Waals surface area contributed by atoms with Gasteiger partial charge in [0.25, 0.3) is 0 Å². The van der Waals surface area contributed by atoms with Crippen molar-refractivity contribution in [3.8, 4) is 61.6 Å². The molecule has 0 aliphatic carbocycles. The Morgan fingerprint density at radius 2 is 0.750 bits per heavy atom. The zero-order valence-corrected chi connectivity index (χ0v) is 31.5. The number of hydrogen-bond acceptors (Lipinski definition) is 2. The van der Waals surface area contributed by atoms with Gasteiger partial charge in [-0.1, -0.05) is 169 Å². The lowest BCUT2D eigenvalue weighted by Crippen LogP contribution is -2.09.